The molecule has 0 radical (unpaired) electrons. The van der Waals surface area contributed by atoms with Crippen molar-refractivity contribution in [1.82, 2.24) is 15.0 Å². The summed E-state index contributed by atoms with van der Waals surface area (Å²) in [5.74, 6) is 2.91. The van der Waals surface area contributed by atoms with Crippen LogP contribution in [0.5, 0.6) is 0 Å². The summed E-state index contributed by atoms with van der Waals surface area (Å²) in [4.78, 5) is 12.6. The predicted molar refractivity (Wildman–Crippen MR) is 69.4 cm³/mol. The van der Waals surface area contributed by atoms with E-state index in [1.165, 1.54) is 0 Å². The van der Waals surface area contributed by atoms with Gasteiger partial charge in [-0.1, -0.05) is 6.92 Å². The van der Waals surface area contributed by atoms with Crippen molar-refractivity contribution in [2.75, 3.05) is 17.2 Å². The Morgan fingerprint density at radius 2 is 1.94 bits per heavy atom. The first-order valence-electron chi connectivity index (χ1n) is 5.99. The maximum atomic E-state index is 5.36. The van der Waals surface area contributed by atoms with Gasteiger partial charge in [0.1, 0.15) is 17.4 Å². The first-order valence-corrected chi connectivity index (χ1v) is 5.99. The van der Waals surface area contributed by atoms with E-state index < -0.39 is 0 Å². The molecule has 2 aromatic heterocycles. The average molecular weight is 247 g/mol. The zero-order valence-electron chi connectivity index (χ0n) is 10.6. The minimum Gasteiger partial charge on any atom is -0.444 e. The van der Waals surface area contributed by atoms with E-state index in [0.29, 0.717) is 18.3 Å². The Balaban J connectivity index is 1.92. The van der Waals surface area contributed by atoms with Crippen molar-refractivity contribution >= 4 is 11.6 Å². The van der Waals surface area contributed by atoms with Gasteiger partial charge in [0.15, 0.2) is 0 Å². The van der Waals surface area contributed by atoms with Crippen LogP contribution in [0.25, 0.3) is 0 Å². The summed E-state index contributed by atoms with van der Waals surface area (Å²) in [6.07, 6.45) is 6.12. The Morgan fingerprint density at radius 3 is 2.61 bits per heavy atom. The monoisotopic (exact) mass is 247 g/mol. The highest BCUT2D eigenvalue weighted by molar-refractivity contribution is 5.41. The van der Waals surface area contributed by atoms with Gasteiger partial charge in [-0.3, -0.25) is 4.98 Å². The topological polar surface area (TPSA) is 75.9 Å². The Labute approximate surface area is 106 Å². The molecule has 18 heavy (non-hydrogen) atoms. The van der Waals surface area contributed by atoms with E-state index in [9.17, 15) is 0 Å². The van der Waals surface area contributed by atoms with Gasteiger partial charge >= 0.3 is 0 Å². The van der Waals surface area contributed by atoms with E-state index in [0.717, 1.165) is 24.5 Å². The highest BCUT2D eigenvalue weighted by atomic mass is 16.4. The molecule has 0 aliphatic heterocycles. The molecule has 2 N–H and O–H groups in total. The number of aryl methyl sites for hydroxylation is 1. The average Bonchev–Trinajstić information content (AvgIpc) is 2.80. The molecule has 0 unspecified atom stereocenters. The van der Waals surface area contributed by atoms with Crippen molar-refractivity contribution in [1.29, 1.82) is 0 Å². The Hall–Kier alpha value is -2.11. The third-order valence-corrected chi connectivity index (χ3v) is 2.28. The summed E-state index contributed by atoms with van der Waals surface area (Å²) in [7, 11) is 0. The van der Waals surface area contributed by atoms with E-state index in [4.69, 9.17) is 4.42 Å². The molecule has 0 fully saturated rings. The van der Waals surface area contributed by atoms with E-state index >= 15 is 0 Å². The normalized spacial score (nSPS) is 10.3. The first kappa shape index (κ1) is 12.3. The van der Waals surface area contributed by atoms with Gasteiger partial charge in [0.2, 0.25) is 5.89 Å². The fourth-order valence-corrected chi connectivity index (χ4v) is 1.44. The molecule has 0 saturated carbocycles. The largest absolute Gasteiger partial charge is 0.444 e. The molecule has 0 aliphatic rings. The highest BCUT2D eigenvalue weighted by Crippen LogP contribution is 2.09. The SMILES string of the molecule is CCCNc1cncc(NCc2ncc(C)o2)n1. The summed E-state index contributed by atoms with van der Waals surface area (Å²) >= 11 is 0. The molecular weight excluding hydrogens is 230 g/mol. The second kappa shape index (κ2) is 6.00. The summed E-state index contributed by atoms with van der Waals surface area (Å²) in [5.41, 5.74) is 0. The summed E-state index contributed by atoms with van der Waals surface area (Å²) in [6.45, 7) is 5.36. The zero-order chi connectivity index (χ0) is 12.8. The second-order valence-electron chi connectivity index (χ2n) is 3.93. The molecule has 96 valence electrons. The fraction of sp³-hybridized carbons (Fsp3) is 0.417. The number of hydrogen-bond acceptors (Lipinski definition) is 6. The van der Waals surface area contributed by atoms with Crippen molar-refractivity contribution in [2.45, 2.75) is 26.8 Å². The lowest BCUT2D eigenvalue weighted by molar-refractivity contribution is 0.479. The van der Waals surface area contributed by atoms with Crippen molar-refractivity contribution in [3.63, 3.8) is 0 Å². The van der Waals surface area contributed by atoms with Crippen LogP contribution in [0.1, 0.15) is 25.0 Å². The molecule has 0 bridgehead atoms. The second-order valence-corrected chi connectivity index (χ2v) is 3.93. The highest BCUT2D eigenvalue weighted by Gasteiger charge is 2.02. The van der Waals surface area contributed by atoms with Gasteiger partial charge in [-0.15, -0.1) is 0 Å². The molecule has 2 aromatic rings. The number of nitrogens with zero attached hydrogens (tertiary/aromatic N) is 3. The van der Waals surface area contributed by atoms with Crippen LogP contribution in [0.2, 0.25) is 0 Å². The zero-order valence-corrected chi connectivity index (χ0v) is 10.6. The van der Waals surface area contributed by atoms with E-state index in [-0.39, 0.29) is 0 Å². The van der Waals surface area contributed by atoms with Gasteiger partial charge in [-0.25, -0.2) is 9.97 Å². The minimum absolute atomic E-state index is 0.500. The number of nitrogens with one attached hydrogen (secondary N) is 2. The lowest BCUT2D eigenvalue weighted by atomic mass is 10.5. The van der Waals surface area contributed by atoms with Gasteiger partial charge in [-0.2, -0.15) is 0 Å². The lowest BCUT2D eigenvalue weighted by Crippen LogP contribution is -2.06. The van der Waals surface area contributed by atoms with Crippen molar-refractivity contribution in [3.8, 4) is 0 Å². The Morgan fingerprint density at radius 1 is 1.17 bits per heavy atom. The molecule has 0 saturated heterocycles. The summed E-state index contributed by atoms with van der Waals surface area (Å²) in [5, 5.41) is 6.31. The molecule has 0 atom stereocenters. The number of rotatable bonds is 6. The standard InChI is InChI=1S/C12H17N5O/c1-3-4-14-10-6-13-7-11(17-10)15-8-12-16-5-9(2)18-12/h5-7H,3-4,8H2,1-2H3,(H2,14,15,17). The third kappa shape index (κ3) is 3.44. The molecule has 6 heteroatoms. The van der Waals surface area contributed by atoms with Gasteiger partial charge in [0.05, 0.1) is 25.1 Å². The van der Waals surface area contributed by atoms with Crippen LogP contribution >= 0.6 is 0 Å². The molecule has 0 amide bonds. The molecule has 0 spiro atoms. The smallest absolute Gasteiger partial charge is 0.213 e. The van der Waals surface area contributed by atoms with Crippen LogP contribution in [0.4, 0.5) is 11.6 Å². The number of aromatic nitrogens is 3. The quantitative estimate of drug-likeness (QED) is 0.815. The Bertz CT molecular complexity index is 497. The van der Waals surface area contributed by atoms with Crippen molar-refractivity contribution in [2.24, 2.45) is 0 Å². The van der Waals surface area contributed by atoms with E-state index in [1.807, 2.05) is 6.92 Å². The minimum atomic E-state index is 0.500. The third-order valence-electron chi connectivity index (χ3n) is 2.28. The van der Waals surface area contributed by atoms with Crippen LogP contribution in [-0.4, -0.2) is 21.5 Å². The van der Waals surface area contributed by atoms with Crippen molar-refractivity contribution in [3.05, 3.63) is 30.2 Å². The van der Waals surface area contributed by atoms with Crippen molar-refractivity contribution < 1.29 is 4.42 Å². The first-order chi connectivity index (χ1) is 8.78. The van der Waals surface area contributed by atoms with Gasteiger partial charge in [0, 0.05) is 6.54 Å². The summed E-state index contributed by atoms with van der Waals surface area (Å²) < 4.78 is 5.36. The molecule has 0 aromatic carbocycles. The van der Waals surface area contributed by atoms with Crippen LogP contribution in [0, 0.1) is 6.92 Å². The molecule has 6 nitrogen and oxygen atoms in total. The predicted octanol–water partition coefficient (Wildman–Crippen LogP) is 2.21. The molecular formula is C12H17N5O. The van der Waals surface area contributed by atoms with Gasteiger partial charge in [-0.05, 0) is 13.3 Å². The fourth-order valence-electron chi connectivity index (χ4n) is 1.44. The van der Waals surface area contributed by atoms with Gasteiger partial charge in [0.25, 0.3) is 0 Å². The van der Waals surface area contributed by atoms with Crippen LogP contribution in [0.15, 0.2) is 23.0 Å². The lowest BCUT2D eigenvalue weighted by Gasteiger charge is -2.06. The van der Waals surface area contributed by atoms with Crippen LogP contribution < -0.4 is 10.6 Å². The number of oxazole rings is 1. The number of hydrogen-bond donors (Lipinski definition) is 2. The maximum Gasteiger partial charge on any atom is 0.213 e. The van der Waals surface area contributed by atoms with Crippen LogP contribution in [0.3, 0.4) is 0 Å². The molecule has 2 heterocycles. The number of anilines is 2. The van der Waals surface area contributed by atoms with Crippen LogP contribution in [-0.2, 0) is 6.54 Å². The van der Waals surface area contributed by atoms with Gasteiger partial charge < -0.3 is 15.1 Å². The molecule has 2 rings (SSSR count). The summed E-state index contributed by atoms with van der Waals surface area (Å²) in [6, 6.07) is 0. The Kier molecular flexibility index (Phi) is 4.11. The van der Waals surface area contributed by atoms with E-state index in [1.54, 1.807) is 18.6 Å². The molecule has 0 aliphatic carbocycles. The van der Waals surface area contributed by atoms with E-state index in [2.05, 4.69) is 32.5 Å². The maximum absolute atomic E-state index is 5.36.